The van der Waals surface area contributed by atoms with E-state index in [9.17, 15) is 20.1 Å². The van der Waals surface area contributed by atoms with Crippen LogP contribution in [0.2, 0.25) is 0 Å². The average Bonchev–Trinajstić information content (AvgIpc) is 3.22. The van der Waals surface area contributed by atoms with Crippen LogP contribution in [-0.4, -0.2) is 57.7 Å². The maximum absolute atomic E-state index is 12.2. The number of nitrogens with one attached hydrogen (secondary N) is 1. The van der Waals surface area contributed by atoms with Crippen LogP contribution in [0, 0.1) is 0 Å². The minimum atomic E-state index is -1.46. The lowest BCUT2D eigenvalue weighted by Gasteiger charge is -2.40. The molecule has 0 bridgehead atoms. The number of hydrogen-bond acceptors (Lipinski definition) is 9. The quantitative estimate of drug-likeness (QED) is 0.397. The zero-order valence-electron chi connectivity index (χ0n) is 14.6. The summed E-state index contributed by atoms with van der Waals surface area (Å²) in [5.41, 5.74) is 0.451. The largest absolute Gasteiger partial charge is 0.464 e. The Bertz CT molecular complexity index is 1010. The van der Waals surface area contributed by atoms with E-state index < -0.39 is 42.9 Å². The van der Waals surface area contributed by atoms with E-state index in [2.05, 4.69) is 5.32 Å². The number of fused-ring (bicyclic) bond motifs is 1. The van der Waals surface area contributed by atoms with Crippen LogP contribution in [0.15, 0.2) is 56.3 Å². The van der Waals surface area contributed by atoms with Crippen molar-refractivity contribution in [1.29, 1.82) is 0 Å². The third-order valence-electron chi connectivity index (χ3n) is 4.76. The van der Waals surface area contributed by atoms with Gasteiger partial charge < -0.3 is 39.3 Å². The Balaban J connectivity index is 1.62. The van der Waals surface area contributed by atoms with Crippen LogP contribution < -0.4 is 10.9 Å². The zero-order valence-corrected chi connectivity index (χ0v) is 14.6. The summed E-state index contributed by atoms with van der Waals surface area (Å²) in [6.07, 6.45) is -3.84. The molecule has 28 heavy (non-hydrogen) atoms. The van der Waals surface area contributed by atoms with Gasteiger partial charge in [-0.2, -0.15) is 0 Å². The second-order valence-electron chi connectivity index (χ2n) is 6.58. The van der Waals surface area contributed by atoms with Gasteiger partial charge in [-0.1, -0.05) is 0 Å². The molecule has 0 saturated carbocycles. The highest BCUT2D eigenvalue weighted by Crippen LogP contribution is 2.27. The first kappa shape index (κ1) is 18.7. The molecule has 1 saturated heterocycles. The molecule has 0 spiro atoms. The predicted molar refractivity (Wildman–Crippen MR) is 97.6 cm³/mol. The maximum Gasteiger partial charge on any atom is 0.347 e. The number of anilines is 1. The van der Waals surface area contributed by atoms with Gasteiger partial charge in [0.15, 0.2) is 6.29 Å². The molecule has 0 aliphatic carbocycles. The van der Waals surface area contributed by atoms with Gasteiger partial charge in [0.25, 0.3) is 0 Å². The summed E-state index contributed by atoms with van der Waals surface area (Å²) in [5.74, 6) is 0.399. The molecule has 5 atom stereocenters. The molecule has 0 amide bonds. The molecule has 2 unspecified atom stereocenters. The van der Waals surface area contributed by atoms with E-state index in [1.807, 2.05) is 0 Å². The summed E-state index contributed by atoms with van der Waals surface area (Å²) >= 11 is 0. The van der Waals surface area contributed by atoms with Crippen LogP contribution in [0.1, 0.15) is 0 Å². The molecule has 1 aliphatic rings. The lowest BCUT2D eigenvalue weighted by atomic mass is 9.97. The Labute approximate surface area is 158 Å². The fourth-order valence-electron chi connectivity index (χ4n) is 3.25. The SMILES string of the molecule is O=c1oc2cc(NC3[C@H](O)OC(CO)[C@@H](O)[C@@H]3O)ccc2cc1-c1ccco1. The highest BCUT2D eigenvalue weighted by atomic mass is 16.6. The number of rotatable bonds is 4. The van der Waals surface area contributed by atoms with Crippen molar-refractivity contribution in [3.63, 3.8) is 0 Å². The molecular formula is C19H19NO8. The Morgan fingerprint density at radius 1 is 1.07 bits per heavy atom. The molecule has 1 aliphatic heterocycles. The Morgan fingerprint density at radius 3 is 2.61 bits per heavy atom. The molecule has 9 heteroatoms. The van der Waals surface area contributed by atoms with E-state index >= 15 is 0 Å². The van der Waals surface area contributed by atoms with Crippen molar-refractivity contribution in [2.24, 2.45) is 0 Å². The topological polar surface area (TPSA) is 146 Å². The van der Waals surface area contributed by atoms with E-state index in [1.165, 1.54) is 12.3 Å². The van der Waals surface area contributed by atoms with Crippen LogP contribution in [0.5, 0.6) is 0 Å². The highest BCUT2D eigenvalue weighted by molar-refractivity contribution is 5.83. The first-order valence-electron chi connectivity index (χ1n) is 8.67. The van der Waals surface area contributed by atoms with Crippen LogP contribution >= 0.6 is 0 Å². The van der Waals surface area contributed by atoms with Crippen molar-refractivity contribution < 1.29 is 34.0 Å². The molecular weight excluding hydrogens is 370 g/mol. The molecule has 2 aromatic heterocycles. The summed E-state index contributed by atoms with van der Waals surface area (Å²) in [6.45, 7) is -0.541. The number of benzene rings is 1. The third-order valence-corrected chi connectivity index (χ3v) is 4.76. The summed E-state index contributed by atoms with van der Waals surface area (Å²) in [5, 5.41) is 42.9. The first-order valence-corrected chi connectivity index (χ1v) is 8.67. The van der Waals surface area contributed by atoms with Gasteiger partial charge in [0, 0.05) is 17.1 Å². The Morgan fingerprint density at radius 2 is 1.89 bits per heavy atom. The predicted octanol–water partition coefficient (Wildman–Crippen LogP) is 0.265. The molecule has 1 fully saturated rings. The molecule has 3 aromatic rings. The lowest BCUT2D eigenvalue weighted by molar-refractivity contribution is -0.245. The van der Waals surface area contributed by atoms with E-state index in [4.69, 9.17) is 18.7 Å². The molecule has 0 radical (unpaired) electrons. The fourth-order valence-corrected chi connectivity index (χ4v) is 3.25. The molecule has 9 nitrogen and oxygen atoms in total. The van der Waals surface area contributed by atoms with Gasteiger partial charge in [-0.3, -0.25) is 0 Å². The Hall–Kier alpha value is -2.69. The number of aliphatic hydroxyl groups is 4. The van der Waals surface area contributed by atoms with Crippen LogP contribution in [-0.2, 0) is 4.74 Å². The highest BCUT2D eigenvalue weighted by Gasteiger charge is 2.43. The third kappa shape index (κ3) is 3.30. The first-order chi connectivity index (χ1) is 13.5. The van der Waals surface area contributed by atoms with Gasteiger partial charge in [-0.15, -0.1) is 0 Å². The molecule has 148 valence electrons. The van der Waals surface area contributed by atoms with Gasteiger partial charge in [0.05, 0.1) is 12.9 Å². The number of aliphatic hydroxyl groups excluding tert-OH is 4. The second-order valence-corrected chi connectivity index (χ2v) is 6.58. The summed E-state index contributed by atoms with van der Waals surface area (Å²) in [6, 6.07) is 8.82. The van der Waals surface area contributed by atoms with Crippen LogP contribution in [0.3, 0.4) is 0 Å². The summed E-state index contributed by atoms with van der Waals surface area (Å²) < 4.78 is 15.7. The van der Waals surface area contributed by atoms with Crippen molar-refractivity contribution in [1.82, 2.24) is 0 Å². The maximum atomic E-state index is 12.2. The van der Waals surface area contributed by atoms with Gasteiger partial charge in [0.2, 0.25) is 0 Å². The van der Waals surface area contributed by atoms with Crippen molar-refractivity contribution in [3.8, 4) is 11.3 Å². The monoisotopic (exact) mass is 389 g/mol. The Kier molecular flexibility index (Phi) is 4.92. The molecule has 4 rings (SSSR count). The zero-order chi connectivity index (χ0) is 19.8. The minimum absolute atomic E-state index is 0.291. The molecule has 3 heterocycles. The summed E-state index contributed by atoms with van der Waals surface area (Å²) in [4.78, 5) is 12.2. The van der Waals surface area contributed by atoms with Gasteiger partial charge in [0.1, 0.15) is 41.3 Å². The van der Waals surface area contributed by atoms with E-state index in [0.29, 0.717) is 28.0 Å². The van der Waals surface area contributed by atoms with E-state index in [1.54, 1.807) is 30.3 Å². The standard InChI is InChI=1S/C19H19NO8/c21-8-14-16(22)17(23)15(19(25)28-14)20-10-4-3-9-6-11(12-2-1-5-26-12)18(24)27-13(9)7-10/h1-7,14-17,19-23,25H,8H2/t14?,15?,16-,17-,19-/m1/s1. The van der Waals surface area contributed by atoms with Crippen molar-refractivity contribution in [2.45, 2.75) is 30.6 Å². The van der Waals surface area contributed by atoms with E-state index in [0.717, 1.165) is 0 Å². The summed E-state index contributed by atoms with van der Waals surface area (Å²) in [7, 11) is 0. The normalized spacial score (nSPS) is 27.8. The van der Waals surface area contributed by atoms with Crippen LogP contribution in [0.25, 0.3) is 22.3 Å². The minimum Gasteiger partial charge on any atom is -0.464 e. The average molecular weight is 389 g/mol. The van der Waals surface area contributed by atoms with Crippen molar-refractivity contribution in [3.05, 3.63) is 53.1 Å². The van der Waals surface area contributed by atoms with Gasteiger partial charge in [-0.05, 0) is 30.3 Å². The van der Waals surface area contributed by atoms with Gasteiger partial charge >= 0.3 is 5.63 Å². The smallest absolute Gasteiger partial charge is 0.347 e. The fraction of sp³-hybridized carbons (Fsp3) is 0.316. The molecule has 1 aromatic carbocycles. The lowest BCUT2D eigenvalue weighted by Crippen LogP contribution is -2.61. The van der Waals surface area contributed by atoms with Crippen molar-refractivity contribution >= 4 is 16.7 Å². The second kappa shape index (κ2) is 7.38. The number of ether oxygens (including phenoxy) is 1. The van der Waals surface area contributed by atoms with Crippen molar-refractivity contribution in [2.75, 3.05) is 11.9 Å². The number of hydrogen-bond donors (Lipinski definition) is 5. The molecule has 5 N–H and O–H groups in total. The van der Waals surface area contributed by atoms with E-state index in [-0.39, 0.29) is 0 Å². The van der Waals surface area contributed by atoms with Gasteiger partial charge in [-0.25, -0.2) is 4.79 Å². The number of furan rings is 1. The van der Waals surface area contributed by atoms with Crippen LogP contribution in [0.4, 0.5) is 5.69 Å².